The molecule has 3 atom stereocenters. The lowest BCUT2D eigenvalue weighted by Gasteiger charge is -2.24. The van der Waals surface area contributed by atoms with Gasteiger partial charge in [-0.15, -0.1) is 0 Å². The van der Waals surface area contributed by atoms with Gasteiger partial charge in [-0.2, -0.15) is 0 Å². The Bertz CT molecular complexity index is 1080. The van der Waals surface area contributed by atoms with Crippen LogP contribution in [0.2, 0.25) is 0 Å². The zero-order valence-corrected chi connectivity index (χ0v) is 39.6. The second-order valence-electron chi connectivity index (χ2n) is 17.2. The van der Waals surface area contributed by atoms with E-state index in [9.17, 15) is 19.8 Å². The van der Waals surface area contributed by atoms with Crippen molar-refractivity contribution in [3.63, 3.8) is 0 Å². The number of amides is 1. The van der Waals surface area contributed by atoms with Gasteiger partial charge >= 0.3 is 5.97 Å². The summed E-state index contributed by atoms with van der Waals surface area (Å²) < 4.78 is 5.91. The van der Waals surface area contributed by atoms with Gasteiger partial charge in [-0.3, -0.25) is 9.59 Å². The number of esters is 1. The molecule has 0 aliphatic carbocycles. The molecule has 0 fully saturated rings. The van der Waals surface area contributed by atoms with E-state index in [1.54, 1.807) is 0 Å². The van der Waals surface area contributed by atoms with E-state index in [4.69, 9.17) is 4.74 Å². The first-order valence-corrected chi connectivity index (χ1v) is 25.5. The van der Waals surface area contributed by atoms with E-state index in [1.165, 1.54) is 103 Å². The van der Waals surface area contributed by atoms with Gasteiger partial charge < -0.3 is 20.3 Å². The van der Waals surface area contributed by atoms with Gasteiger partial charge in [0.2, 0.25) is 5.91 Å². The number of aliphatic hydroxyl groups is 2. The zero-order chi connectivity index (χ0) is 43.8. The fourth-order valence-corrected chi connectivity index (χ4v) is 7.52. The van der Waals surface area contributed by atoms with Crippen molar-refractivity contribution < 1.29 is 24.5 Å². The number of hydrogen-bond donors (Lipinski definition) is 3. The maximum atomic E-state index is 13.2. The summed E-state index contributed by atoms with van der Waals surface area (Å²) in [5.74, 6) is -0.508. The molecule has 60 heavy (non-hydrogen) atoms. The third-order valence-electron chi connectivity index (χ3n) is 11.4. The van der Waals surface area contributed by atoms with Crippen LogP contribution in [0.3, 0.4) is 0 Å². The van der Waals surface area contributed by atoms with Crippen molar-refractivity contribution in [1.29, 1.82) is 0 Å². The van der Waals surface area contributed by atoms with Crippen LogP contribution in [0.25, 0.3) is 0 Å². The standard InChI is InChI=1S/C54H97NO5/c1-4-7-10-13-16-19-22-23-24-25-26-27-28-29-32-35-38-41-44-47-54(59)60-50(45-42-39-36-33-30-20-17-14-11-8-5-2)48-53(58)55-51(49-56)52(57)46-43-40-37-34-31-21-18-15-12-9-6-3/h7,10,16,19,23-24,26-27,29,32,50-52,56-57H,4-6,8-9,11-15,17-18,20-22,25,28,30-31,33-49H2,1-3H3,(H,55,58)/b10-7-,19-16-,24-23-,27-26-,32-29-. The Labute approximate surface area is 371 Å². The molecule has 0 bridgehead atoms. The number of carbonyl (C=O) groups is 2. The van der Waals surface area contributed by atoms with Crippen LogP contribution in [0.1, 0.15) is 245 Å². The first kappa shape index (κ1) is 57.6. The summed E-state index contributed by atoms with van der Waals surface area (Å²) in [6.45, 7) is 6.35. The van der Waals surface area contributed by atoms with Gasteiger partial charge in [-0.1, -0.05) is 223 Å². The number of unbranched alkanes of at least 4 members (excludes halogenated alkanes) is 23. The molecule has 0 aliphatic heterocycles. The maximum Gasteiger partial charge on any atom is 0.306 e. The van der Waals surface area contributed by atoms with Crippen LogP contribution < -0.4 is 5.32 Å². The highest BCUT2D eigenvalue weighted by Crippen LogP contribution is 2.18. The van der Waals surface area contributed by atoms with E-state index < -0.39 is 18.2 Å². The van der Waals surface area contributed by atoms with Crippen LogP contribution in [0.5, 0.6) is 0 Å². The lowest BCUT2D eigenvalue weighted by Crippen LogP contribution is -2.46. The van der Waals surface area contributed by atoms with Crippen molar-refractivity contribution in [3.05, 3.63) is 60.8 Å². The largest absolute Gasteiger partial charge is 0.462 e. The first-order chi connectivity index (χ1) is 29.5. The molecule has 0 aliphatic rings. The van der Waals surface area contributed by atoms with E-state index in [-0.39, 0.29) is 24.9 Å². The number of rotatable bonds is 45. The smallest absolute Gasteiger partial charge is 0.306 e. The van der Waals surface area contributed by atoms with Crippen LogP contribution >= 0.6 is 0 Å². The molecule has 6 nitrogen and oxygen atoms in total. The highest BCUT2D eigenvalue weighted by Gasteiger charge is 2.24. The molecule has 1 amide bonds. The second kappa shape index (κ2) is 47.6. The van der Waals surface area contributed by atoms with Gasteiger partial charge in [0.15, 0.2) is 0 Å². The van der Waals surface area contributed by atoms with Crippen molar-refractivity contribution in [1.82, 2.24) is 5.32 Å². The van der Waals surface area contributed by atoms with E-state index in [0.29, 0.717) is 19.3 Å². The number of ether oxygens (including phenoxy) is 1. The van der Waals surface area contributed by atoms with Crippen molar-refractivity contribution in [3.8, 4) is 0 Å². The molecular formula is C54H97NO5. The van der Waals surface area contributed by atoms with Crippen LogP contribution in [0.4, 0.5) is 0 Å². The lowest BCUT2D eigenvalue weighted by molar-refractivity contribution is -0.151. The summed E-state index contributed by atoms with van der Waals surface area (Å²) >= 11 is 0. The Kier molecular flexibility index (Phi) is 45.7. The van der Waals surface area contributed by atoms with Crippen molar-refractivity contribution in [2.45, 2.75) is 264 Å². The molecule has 3 N–H and O–H groups in total. The van der Waals surface area contributed by atoms with E-state index in [2.05, 4.69) is 86.8 Å². The zero-order valence-electron chi connectivity index (χ0n) is 39.6. The van der Waals surface area contributed by atoms with Gasteiger partial charge in [0.25, 0.3) is 0 Å². The Morgan fingerprint density at radius 3 is 1.35 bits per heavy atom. The number of carbonyl (C=O) groups excluding carboxylic acids is 2. The normalized spacial score (nSPS) is 13.8. The predicted octanol–water partition coefficient (Wildman–Crippen LogP) is 15.2. The summed E-state index contributed by atoms with van der Waals surface area (Å²) in [5.41, 5.74) is 0. The van der Waals surface area contributed by atoms with Crippen LogP contribution in [0, 0.1) is 0 Å². The molecule has 0 rings (SSSR count). The van der Waals surface area contributed by atoms with E-state index in [0.717, 1.165) is 96.3 Å². The molecule has 0 aromatic rings. The number of nitrogens with one attached hydrogen (secondary N) is 1. The topological polar surface area (TPSA) is 95.9 Å². The van der Waals surface area contributed by atoms with Crippen LogP contribution in [0.15, 0.2) is 60.8 Å². The van der Waals surface area contributed by atoms with Crippen molar-refractivity contribution >= 4 is 11.9 Å². The van der Waals surface area contributed by atoms with Crippen molar-refractivity contribution in [2.75, 3.05) is 6.61 Å². The monoisotopic (exact) mass is 840 g/mol. The third-order valence-corrected chi connectivity index (χ3v) is 11.4. The number of aliphatic hydroxyl groups excluding tert-OH is 2. The highest BCUT2D eigenvalue weighted by molar-refractivity contribution is 5.77. The minimum Gasteiger partial charge on any atom is -0.462 e. The molecule has 0 saturated carbocycles. The minimum atomic E-state index is -0.792. The van der Waals surface area contributed by atoms with Crippen LogP contribution in [-0.4, -0.2) is 46.9 Å². The van der Waals surface area contributed by atoms with Gasteiger partial charge in [0, 0.05) is 6.42 Å². The molecule has 6 heteroatoms. The number of hydrogen-bond acceptors (Lipinski definition) is 5. The second-order valence-corrected chi connectivity index (χ2v) is 17.2. The summed E-state index contributed by atoms with van der Waals surface area (Å²) in [4.78, 5) is 26.1. The Morgan fingerprint density at radius 2 is 0.900 bits per heavy atom. The van der Waals surface area contributed by atoms with Gasteiger partial charge in [0.05, 0.1) is 25.2 Å². The lowest BCUT2D eigenvalue weighted by atomic mass is 10.0. The van der Waals surface area contributed by atoms with Gasteiger partial charge in [0.1, 0.15) is 6.10 Å². The Balaban J connectivity index is 4.58. The Morgan fingerprint density at radius 1 is 0.500 bits per heavy atom. The summed E-state index contributed by atoms with van der Waals surface area (Å²) in [6, 6.07) is -0.707. The maximum absolute atomic E-state index is 13.2. The molecule has 0 saturated heterocycles. The molecule has 0 spiro atoms. The first-order valence-electron chi connectivity index (χ1n) is 25.5. The molecule has 0 heterocycles. The predicted molar refractivity (Wildman–Crippen MR) is 259 cm³/mol. The van der Waals surface area contributed by atoms with Gasteiger partial charge in [-0.25, -0.2) is 0 Å². The van der Waals surface area contributed by atoms with E-state index >= 15 is 0 Å². The van der Waals surface area contributed by atoms with Crippen LogP contribution in [-0.2, 0) is 14.3 Å². The minimum absolute atomic E-state index is 0.0647. The molecule has 3 unspecified atom stereocenters. The average molecular weight is 840 g/mol. The summed E-state index contributed by atoms with van der Waals surface area (Å²) in [5, 5.41) is 23.7. The van der Waals surface area contributed by atoms with E-state index in [1.807, 2.05) is 0 Å². The fourth-order valence-electron chi connectivity index (χ4n) is 7.52. The molecular weight excluding hydrogens is 743 g/mol. The molecule has 0 aromatic carbocycles. The SMILES string of the molecule is CC/C=C\C/C=C\C/C=C\C/C=C\C/C=C\CCCCCC(=O)OC(CCCCCCCCCCCCC)CC(=O)NC(CO)C(O)CCCCCCCCCCCCC. The number of allylic oxidation sites excluding steroid dienone is 10. The highest BCUT2D eigenvalue weighted by atomic mass is 16.5. The quantitative estimate of drug-likeness (QED) is 0.0322. The molecule has 0 aromatic heterocycles. The summed E-state index contributed by atoms with van der Waals surface area (Å²) in [6.07, 6.45) is 58.5. The van der Waals surface area contributed by atoms with Gasteiger partial charge in [-0.05, 0) is 70.6 Å². The van der Waals surface area contributed by atoms with Crippen molar-refractivity contribution in [2.24, 2.45) is 0 Å². The molecule has 348 valence electrons. The average Bonchev–Trinajstić information content (AvgIpc) is 3.24. The Hall–Kier alpha value is -2.44. The third kappa shape index (κ3) is 42.3. The fraction of sp³-hybridized carbons (Fsp3) is 0.778. The summed E-state index contributed by atoms with van der Waals surface area (Å²) in [7, 11) is 0. The molecule has 0 radical (unpaired) electrons.